The molecule has 1 amide bonds. The van der Waals surface area contributed by atoms with Crippen molar-refractivity contribution in [2.45, 2.75) is 26.7 Å². The maximum atomic E-state index is 12.2. The second-order valence-corrected chi connectivity index (χ2v) is 6.42. The van der Waals surface area contributed by atoms with Gasteiger partial charge >= 0.3 is 0 Å². The van der Waals surface area contributed by atoms with E-state index in [2.05, 4.69) is 24.5 Å². The highest BCUT2D eigenvalue weighted by Crippen LogP contribution is 2.20. The van der Waals surface area contributed by atoms with Gasteiger partial charge in [0.05, 0.1) is 0 Å². The SMILES string of the molecule is Cc1ccc(N/C=C(/C#N)C(=O)Nc2ccc(C(C)C)cc2)cc1Cl. The average Bonchev–Trinajstić information content (AvgIpc) is 2.59. The van der Waals surface area contributed by atoms with Gasteiger partial charge in [0.15, 0.2) is 0 Å². The number of nitriles is 1. The van der Waals surface area contributed by atoms with E-state index < -0.39 is 5.91 Å². The first-order valence-corrected chi connectivity index (χ1v) is 8.32. The van der Waals surface area contributed by atoms with Gasteiger partial charge in [-0.3, -0.25) is 4.79 Å². The third kappa shape index (κ3) is 5.10. The van der Waals surface area contributed by atoms with Crippen LogP contribution in [0.25, 0.3) is 0 Å². The highest BCUT2D eigenvalue weighted by atomic mass is 35.5. The van der Waals surface area contributed by atoms with Crippen LogP contribution in [0.3, 0.4) is 0 Å². The number of halogens is 1. The Labute approximate surface area is 153 Å². The summed E-state index contributed by atoms with van der Waals surface area (Å²) in [7, 11) is 0. The molecule has 0 aliphatic rings. The summed E-state index contributed by atoms with van der Waals surface area (Å²) in [6, 6.07) is 14.9. The van der Waals surface area contributed by atoms with Crippen molar-refractivity contribution in [1.29, 1.82) is 5.26 Å². The molecule has 0 fully saturated rings. The molecule has 2 N–H and O–H groups in total. The molecule has 0 spiro atoms. The average molecular weight is 354 g/mol. The van der Waals surface area contributed by atoms with Crippen molar-refractivity contribution >= 4 is 28.9 Å². The van der Waals surface area contributed by atoms with E-state index in [1.54, 1.807) is 6.07 Å². The fourth-order valence-corrected chi connectivity index (χ4v) is 2.32. The van der Waals surface area contributed by atoms with Crippen LogP contribution in [-0.2, 0) is 4.79 Å². The van der Waals surface area contributed by atoms with Gasteiger partial charge in [-0.15, -0.1) is 0 Å². The Morgan fingerprint density at radius 1 is 1.16 bits per heavy atom. The summed E-state index contributed by atoms with van der Waals surface area (Å²) in [5.41, 5.74) is 3.47. The van der Waals surface area contributed by atoms with Gasteiger partial charge in [-0.05, 0) is 48.2 Å². The number of carbonyl (C=O) groups excluding carboxylic acids is 1. The molecule has 0 saturated carbocycles. The molecular formula is C20H20ClN3O. The molecule has 5 heteroatoms. The minimum absolute atomic E-state index is 0.0235. The monoisotopic (exact) mass is 353 g/mol. The maximum absolute atomic E-state index is 12.2. The molecule has 2 aromatic carbocycles. The van der Waals surface area contributed by atoms with Crippen LogP contribution < -0.4 is 10.6 Å². The molecule has 0 heterocycles. The smallest absolute Gasteiger partial charge is 0.267 e. The minimum atomic E-state index is -0.467. The number of nitrogens with one attached hydrogen (secondary N) is 2. The van der Waals surface area contributed by atoms with E-state index in [0.717, 1.165) is 5.56 Å². The lowest BCUT2D eigenvalue weighted by atomic mass is 10.0. The van der Waals surface area contributed by atoms with E-state index in [-0.39, 0.29) is 5.57 Å². The van der Waals surface area contributed by atoms with Crippen LogP contribution in [0.5, 0.6) is 0 Å². The number of benzene rings is 2. The highest BCUT2D eigenvalue weighted by molar-refractivity contribution is 6.31. The van der Waals surface area contributed by atoms with Crippen LogP contribution in [0.4, 0.5) is 11.4 Å². The van der Waals surface area contributed by atoms with Crippen molar-refractivity contribution in [3.05, 3.63) is 70.4 Å². The van der Waals surface area contributed by atoms with E-state index in [4.69, 9.17) is 11.6 Å². The lowest BCUT2D eigenvalue weighted by molar-refractivity contribution is -0.112. The van der Waals surface area contributed by atoms with Crippen molar-refractivity contribution in [3.63, 3.8) is 0 Å². The fourth-order valence-electron chi connectivity index (χ4n) is 2.14. The molecule has 0 aromatic heterocycles. The number of amides is 1. The van der Waals surface area contributed by atoms with Gasteiger partial charge in [0, 0.05) is 22.6 Å². The number of nitrogens with zero attached hydrogens (tertiary/aromatic N) is 1. The normalized spacial score (nSPS) is 11.1. The Hall–Kier alpha value is -2.77. The third-order valence-electron chi connectivity index (χ3n) is 3.76. The summed E-state index contributed by atoms with van der Waals surface area (Å²) in [6.07, 6.45) is 1.37. The zero-order chi connectivity index (χ0) is 18.4. The van der Waals surface area contributed by atoms with Gasteiger partial charge in [-0.25, -0.2) is 0 Å². The number of hydrogen-bond donors (Lipinski definition) is 2. The van der Waals surface area contributed by atoms with Crippen molar-refractivity contribution in [3.8, 4) is 6.07 Å². The minimum Gasteiger partial charge on any atom is -0.360 e. The predicted molar refractivity (Wildman–Crippen MR) is 103 cm³/mol. The second-order valence-electron chi connectivity index (χ2n) is 6.01. The highest BCUT2D eigenvalue weighted by Gasteiger charge is 2.10. The maximum Gasteiger partial charge on any atom is 0.267 e. The molecule has 0 unspecified atom stereocenters. The van der Waals surface area contributed by atoms with Gasteiger partial charge in [0.2, 0.25) is 0 Å². The van der Waals surface area contributed by atoms with Crippen molar-refractivity contribution in [2.24, 2.45) is 0 Å². The zero-order valence-electron chi connectivity index (χ0n) is 14.4. The topological polar surface area (TPSA) is 64.9 Å². The van der Waals surface area contributed by atoms with Crippen LogP contribution in [-0.4, -0.2) is 5.91 Å². The molecule has 0 radical (unpaired) electrons. The van der Waals surface area contributed by atoms with E-state index >= 15 is 0 Å². The first-order valence-electron chi connectivity index (χ1n) is 7.95. The fraction of sp³-hybridized carbons (Fsp3) is 0.200. The Bertz CT molecular complexity index is 833. The standard InChI is InChI=1S/C20H20ClN3O/c1-13(2)15-5-8-17(9-6-15)24-20(25)16(11-22)12-23-18-7-4-14(3)19(21)10-18/h4-10,12-13,23H,1-3H3,(H,24,25)/b16-12-. The lowest BCUT2D eigenvalue weighted by Gasteiger charge is -2.08. The molecule has 128 valence electrons. The molecule has 0 aliphatic heterocycles. The van der Waals surface area contributed by atoms with E-state index in [0.29, 0.717) is 22.3 Å². The Morgan fingerprint density at radius 2 is 1.80 bits per heavy atom. The van der Waals surface area contributed by atoms with Crippen molar-refractivity contribution < 1.29 is 4.79 Å². The number of rotatable bonds is 5. The number of anilines is 2. The summed E-state index contributed by atoms with van der Waals surface area (Å²) >= 11 is 6.06. The van der Waals surface area contributed by atoms with Gasteiger partial charge < -0.3 is 10.6 Å². The van der Waals surface area contributed by atoms with Crippen LogP contribution in [0.2, 0.25) is 5.02 Å². The Morgan fingerprint density at radius 3 is 2.36 bits per heavy atom. The summed E-state index contributed by atoms with van der Waals surface area (Å²) in [5.74, 6) is -0.0460. The van der Waals surface area contributed by atoms with Gasteiger partial charge in [-0.1, -0.05) is 43.6 Å². The zero-order valence-corrected chi connectivity index (χ0v) is 15.2. The summed E-state index contributed by atoms with van der Waals surface area (Å²) in [6.45, 7) is 6.11. The quantitative estimate of drug-likeness (QED) is 0.571. The van der Waals surface area contributed by atoms with Crippen LogP contribution in [0, 0.1) is 18.3 Å². The molecule has 2 aromatic rings. The lowest BCUT2D eigenvalue weighted by Crippen LogP contribution is -2.14. The molecule has 4 nitrogen and oxygen atoms in total. The Balaban J connectivity index is 2.07. The van der Waals surface area contributed by atoms with Gasteiger partial charge in [-0.2, -0.15) is 5.26 Å². The molecule has 0 bridgehead atoms. The van der Waals surface area contributed by atoms with Gasteiger partial charge in [0.25, 0.3) is 5.91 Å². The van der Waals surface area contributed by atoms with E-state index in [1.165, 1.54) is 11.8 Å². The Kier molecular flexibility index (Phi) is 6.21. The van der Waals surface area contributed by atoms with E-state index in [9.17, 15) is 10.1 Å². The van der Waals surface area contributed by atoms with Crippen LogP contribution >= 0.6 is 11.6 Å². The molecule has 0 saturated heterocycles. The first kappa shape index (κ1) is 18.6. The second kappa shape index (κ2) is 8.36. The number of carbonyl (C=O) groups is 1. The third-order valence-corrected chi connectivity index (χ3v) is 4.16. The summed E-state index contributed by atoms with van der Waals surface area (Å²) in [5, 5.41) is 15.5. The summed E-state index contributed by atoms with van der Waals surface area (Å²) < 4.78 is 0. The van der Waals surface area contributed by atoms with Crippen LogP contribution in [0.15, 0.2) is 54.2 Å². The molecular weight excluding hydrogens is 334 g/mol. The van der Waals surface area contributed by atoms with Crippen molar-refractivity contribution in [2.75, 3.05) is 10.6 Å². The summed E-state index contributed by atoms with van der Waals surface area (Å²) in [4.78, 5) is 12.2. The van der Waals surface area contributed by atoms with Crippen molar-refractivity contribution in [1.82, 2.24) is 0 Å². The molecule has 25 heavy (non-hydrogen) atoms. The van der Waals surface area contributed by atoms with E-state index in [1.807, 2.05) is 49.4 Å². The largest absolute Gasteiger partial charge is 0.360 e. The van der Waals surface area contributed by atoms with Crippen LogP contribution in [0.1, 0.15) is 30.9 Å². The molecule has 2 rings (SSSR count). The predicted octanol–water partition coefficient (Wildman–Crippen LogP) is 5.23. The molecule has 0 aliphatic carbocycles. The van der Waals surface area contributed by atoms with Gasteiger partial charge in [0.1, 0.15) is 11.6 Å². The first-order chi connectivity index (χ1) is 11.9. The number of hydrogen-bond acceptors (Lipinski definition) is 3. The number of aryl methyl sites for hydroxylation is 1. The molecule has 0 atom stereocenters.